The molecule has 1 aliphatic heterocycles. The summed E-state index contributed by atoms with van der Waals surface area (Å²) in [6.07, 6.45) is 5.44. The quantitative estimate of drug-likeness (QED) is 0.820. The van der Waals surface area contributed by atoms with E-state index in [2.05, 4.69) is 18.9 Å². The molecule has 1 saturated heterocycles. The van der Waals surface area contributed by atoms with Crippen molar-refractivity contribution >= 4 is 5.91 Å². The van der Waals surface area contributed by atoms with Crippen molar-refractivity contribution in [2.75, 3.05) is 27.2 Å². The van der Waals surface area contributed by atoms with Gasteiger partial charge in [0.05, 0.1) is 5.92 Å². The monoisotopic (exact) mass is 267 g/mol. The molecule has 2 aliphatic rings. The highest BCUT2D eigenvalue weighted by Gasteiger charge is 2.35. The summed E-state index contributed by atoms with van der Waals surface area (Å²) >= 11 is 0. The van der Waals surface area contributed by atoms with Crippen LogP contribution in [0.5, 0.6) is 0 Å². The van der Waals surface area contributed by atoms with Crippen LogP contribution in [0.3, 0.4) is 0 Å². The van der Waals surface area contributed by atoms with Crippen LogP contribution in [0.15, 0.2) is 0 Å². The zero-order valence-corrected chi connectivity index (χ0v) is 12.6. The SMILES string of the molecule is CC1CCC(N)C(C(=O)N(C)C2CCCN(C)C2)C1. The van der Waals surface area contributed by atoms with Gasteiger partial charge < -0.3 is 15.5 Å². The molecule has 4 heteroatoms. The van der Waals surface area contributed by atoms with Gasteiger partial charge in [0, 0.05) is 25.7 Å². The highest BCUT2D eigenvalue weighted by Crippen LogP contribution is 2.30. The minimum atomic E-state index is 0.0426. The first-order valence-corrected chi connectivity index (χ1v) is 7.69. The summed E-state index contributed by atoms with van der Waals surface area (Å²) in [5.41, 5.74) is 6.18. The number of likely N-dealkylation sites (N-methyl/N-ethyl adjacent to an activating group) is 2. The van der Waals surface area contributed by atoms with Crippen molar-refractivity contribution in [2.24, 2.45) is 17.6 Å². The van der Waals surface area contributed by atoms with Gasteiger partial charge >= 0.3 is 0 Å². The van der Waals surface area contributed by atoms with Crippen molar-refractivity contribution in [3.8, 4) is 0 Å². The number of likely N-dealkylation sites (tertiary alicyclic amines) is 1. The molecule has 1 heterocycles. The predicted molar refractivity (Wildman–Crippen MR) is 77.8 cm³/mol. The predicted octanol–water partition coefficient (Wildman–Crippen LogP) is 1.30. The second-order valence-corrected chi connectivity index (χ2v) is 6.70. The Labute approximate surface area is 117 Å². The Morgan fingerprint density at radius 2 is 2.05 bits per heavy atom. The lowest BCUT2D eigenvalue weighted by atomic mass is 9.78. The second kappa shape index (κ2) is 6.23. The third-order valence-electron chi connectivity index (χ3n) is 4.98. The van der Waals surface area contributed by atoms with Gasteiger partial charge in [-0.2, -0.15) is 0 Å². The molecule has 1 amide bonds. The number of amides is 1. The van der Waals surface area contributed by atoms with Gasteiger partial charge in [0.1, 0.15) is 0 Å². The van der Waals surface area contributed by atoms with Gasteiger partial charge in [0.2, 0.25) is 5.91 Å². The van der Waals surface area contributed by atoms with Crippen molar-refractivity contribution < 1.29 is 4.79 Å². The van der Waals surface area contributed by atoms with E-state index in [4.69, 9.17) is 5.73 Å². The number of carbonyl (C=O) groups is 1. The van der Waals surface area contributed by atoms with Gasteiger partial charge in [0.15, 0.2) is 0 Å². The van der Waals surface area contributed by atoms with Gasteiger partial charge in [-0.05, 0) is 51.6 Å². The molecule has 1 saturated carbocycles. The van der Waals surface area contributed by atoms with E-state index >= 15 is 0 Å². The molecule has 19 heavy (non-hydrogen) atoms. The average molecular weight is 267 g/mol. The van der Waals surface area contributed by atoms with Crippen LogP contribution in [0.1, 0.15) is 39.0 Å². The Hall–Kier alpha value is -0.610. The molecule has 2 N–H and O–H groups in total. The normalized spacial score (nSPS) is 37.1. The number of hydrogen-bond donors (Lipinski definition) is 1. The van der Waals surface area contributed by atoms with Crippen molar-refractivity contribution in [3.05, 3.63) is 0 Å². The first kappa shape index (κ1) is 14.8. The Kier molecular flexibility index (Phi) is 4.85. The number of carbonyl (C=O) groups excluding carboxylic acids is 1. The number of piperidine rings is 1. The Bertz CT molecular complexity index is 321. The number of hydrogen-bond acceptors (Lipinski definition) is 3. The lowest BCUT2D eigenvalue weighted by molar-refractivity contribution is -0.139. The van der Waals surface area contributed by atoms with Gasteiger partial charge in [0.25, 0.3) is 0 Å². The minimum Gasteiger partial charge on any atom is -0.341 e. The molecular formula is C15H29N3O. The van der Waals surface area contributed by atoms with Crippen LogP contribution in [0.4, 0.5) is 0 Å². The molecule has 2 rings (SSSR count). The number of nitrogens with two attached hydrogens (primary N) is 1. The lowest BCUT2D eigenvalue weighted by Crippen LogP contribution is -2.52. The largest absolute Gasteiger partial charge is 0.341 e. The molecule has 110 valence electrons. The summed E-state index contributed by atoms with van der Waals surface area (Å²) < 4.78 is 0. The summed E-state index contributed by atoms with van der Waals surface area (Å²) in [6, 6.07) is 0.433. The molecule has 4 nitrogen and oxygen atoms in total. The highest BCUT2D eigenvalue weighted by atomic mass is 16.2. The molecule has 0 spiro atoms. The van der Waals surface area contributed by atoms with E-state index in [0.717, 1.165) is 32.4 Å². The maximum absolute atomic E-state index is 12.7. The van der Waals surface area contributed by atoms with Crippen LogP contribution in [-0.2, 0) is 4.79 Å². The van der Waals surface area contributed by atoms with Gasteiger partial charge in [-0.3, -0.25) is 4.79 Å². The number of rotatable bonds is 2. The van der Waals surface area contributed by atoms with Gasteiger partial charge in [-0.15, -0.1) is 0 Å². The standard InChI is InChI=1S/C15H29N3O/c1-11-6-7-14(16)13(9-11)15(19)18(3)12-5-4-8-17(2)10-12/h11-14H,4-10,16H2,1-3H3. The van der Waals surface area contributed by atoms with Crippen LogP contribution in [0, 0.1) is 11.8 Å². The molecular weight excluding hydrogens is 238 g/mol. The second-order valence-electron chi connectivity index (χ2n) is 6.70. The summed E-state index contributed by atoms with van der Waals surface area (Å²) in [4.78, 5) is 17.0. The molecule has 0 aromatic carbocycles. The van der Waals surface area contributed by atoms with E-state index in [1.165, 1.54) is 12.8 Å². The summed E-state index contributed by atoms with van der Waals surface area (Å²) in [7, 11) is 4.11. The zero-order valence-electron chi connectivity index (χ0n) is 12.6. The van der Waals surface area contributed by atoms with Gasteiger partial charge in [-0.25, -0.2) is 0 Å². The van der Waals surface area contributed by atoms with E-state index in [9.17, 15) is 4.79 Å². The average Bonchev–Trinajstić information content (AvgIpc) is 2.40. The van der Waals surface area contributed by atoms with E-state index in [-0.39, 0.29) is 17.9 Å². The minimum absolute atomic E-state index is 0.0426. The van der Waals surface area contributed by atoms with E-state index < -0.39 is 0 Å². The first-order chi connectivity index (χ1) is 8.99. The van der Waals surface area contributed by atoms with E-state index in [1.54, 1.807) is 0 Å². The fourth-order valence-electron chi connectivity index (χ4n) is 3.59. The van der Waals surface area contributed by atoms with E-state index in [1.807, 2.05) is 11.9 Å². The topological polar surface area (TPSA) is 49.6 Å². The molecule has 1 aliphatic carbocycles. The molecule has 0 aromatic heterocycles. The van der Waals surface area contributed by atoms with Crippen molar-refractivity contribution in [2.45, 2.75) is 51.1 Å². The van der Waals surface area contributed by atoms with Crippen LogP contribution in [-0.4, -0.2) is 55.0 Å². The number of nitrogens with zero attached hydrogens (tertiary/aromatic N) is 2. The summed E-state index contributed by atoms with van der Waals surface area (Å²) in [5.74, 6) is 0.955. The van der Waals surface area contributed by atoms with Crippen LogP contribution < -0.4 is 5.73 Å². The summed E-state index contributed by atoms with van der Waals surface area (Å²) in [6.45, 7) is 4.39. The maximum atomic E-state index is 12.7. The Morgan fingerprint density at radius 3 is 2.74 bits per heavy atom. The van der Waals surface area contributed by atoms with Crippen LogP contribution in [0.2, 0.25) is 0 Å². The van der Waals surface area contributed by atoms with Crippen molar-refractivity contribution in [1.82, 2.24) is 9.80 Å². The fraction of sp³-hybridized carbons (Fsp3) is 0.933. The van der Waals surface area contributed by atoms with Crippen molar-refractivity contribution in [1.29, 1.82) is 0 Å². The zero-order chi connectivity index (χ0) is 14.0. The van der Waals surface area contributed by atoms with Gasteiger partial charge in [-0.1, -0.05) is 6.92 Å². The molecule has 4 unspecified atom stereocenters. The molecule has 2 fully saturated rings. The molecule has 0 bridgehead atoms. The van der Waals surface area contributed by atoms with E-state index in [0.29, 0.717) is 12.0 Å². The lowest BCUT2D eigenvalue weighted by Gasteiger charge is -2.40. The molecule has 0 radical (unpaired) electrons. The third kappa shape index (κ3) is 3.48. The Morgan fingerprint density at radius 1 is 1.32 bits per heavy atom. The van der Waals surface area contributed by atoms with Crippen molar-refractivity contribution in [3.63, 3.8) is 0 Å². The maximum Gasteiger partial charge on any atom is 0.227 e. The molecule has 0 aromatic rings. The molecule has 4 atom stereocenters. The summed E-state index contributed by atoms with van der Waals surface area (Å²) in [5, 5.41) is 0. The fourth-order valence-corrected chi connectivity index (χ4v) is 3.59. The third-order valence-corrected chi connectivity index (χ3v) is 4.98. The van der Waals surface area contributed by atoms with Crippen LogP contribution >= 0.6 is 0 Å². The van der Waals surface area contributed by atoms with Crippen LogP contribution in [0.25, 0.3) is 0 Å². The highest BCUT2D eigenvalue weighted by molar-refractivity contribution is 5.79. The first-order valence-electron chi connectivity index (χ1n) is 7.69. The Balaban J connectivity index is 1.97. The smallest absolute Gasteiger partial charge is 0.227 e.